The summed E-state index contributed by atoms with van der Waals surface area (Å²) in [6.45, 7) is 3.64. The number of nitrogens with one attached hydrogen (secondary N) is 2. The van der Waals surface area contributed by atoms with Gasteiger partial charge < -0.3 is 15.5 Å². The second-order valence-corrected chi connectivity index (χ2v) is 5.27. The zero-order valence-corrected chi connectivity index (χ0v) is 12.2. The highest BCUT2D eigenvalue weighted by Crippen LogP contribution is 2.32. The molecule has 2 N–H and O–H groups in total. The molecule has 0 spiro atoms. The van der Waals surface area contributed by atoms with Gasteiger partial charge in [-0.25, -0.2) is 0 Å². The topological polar surface area (TPSA) is 44.4 Å². The third kappa shape index (κ3) is 3.15. The van der Waals surface area contributed by atoms with Gasteiger partial charge in [-0.3, -0.25) is 4.79 Å². The van der Waals surface area contributed by atoms with Crippen LogP contribution >= 0.6 is 11.6 Å². The highest BCUT2D eigenvalue weighted by molar-refractivity contribution is 6.34. The number of carbonyl (C=O) groups is 1. The van der Waals surface area contributed by atoms with Crippen LogP contribution in [0.25, 0.3) is 0 Å². The number of benzene rings is 1. The molecule has 5 heteroatoms. The molecule has 0 aromatic heterocycles. The summed E-state index contributed by atoms with van der Waals surface area (Å²) in [6, 6.07) is 5.46. The summed E-state index contributed by atoms with van der Waals surface area (Å²) in [5.41, 5.74) is 0.881. The van der Waals surface area contributed by atoms with Crippen LogP contribution in [0, 0.1) is 0 Å². The van der Waals surface area contributed by atoms with Crippen molar-refractivity contribution >= 4 is 28.9 Å². The van der Waals surface area contributed by atoms with Gasteiger partial charge in [0.1, 0.15) is 0 Å². The smallest absolute Gasteiger partial charge is 0.244 e. The molecule has 0 bridgehead atoms. The van der Waals surface area contributed by atoms with Crippen molar-refractivity contribution in [3.05, 3.63) is 23.2 Å². The fraction of sp³-hybridized carbons (Fsp3) is 0.462. The van der Waals surface area contributed by atoms with E-state index < -0.39 is 5.54 Å². The van der Waals surface area contributed by atoms with Crippen LogP contribution in [0.3, 0.4) is 0 Å². The van der Waals surface area contributed by atoms with Crippen LogP contribution in [0.2, 0.25) is 5.02 Å². The van der Waals surface area contributed by atoms with E-state index in [1.165, 1.54) is 0 Å². The van der Waals surface area contributed by atoms with Crippen LogP contribution in [0.1, 0.15) is 13.8 Å². The van der Waals surface area contributed by atoms with Gasteiger partial charge in [-0.1, -0.05) is 17.7 Å². The SMILES string of the molecule is CNC(C)(C)C(=O)Nc1cccc(Cl)c1N(C)C. The second-order valence-electron chi connectivity index (χ2n) is 4.86. The monoisotopic (exact) mass is 269 g/mol. The normalized spacial score (nSPS) is 11.2. The predicted octanol–water partition coefficient (Wildman–Crippen LogP) is 2.34. The average molecular weight is 270 g/mol. The van der Waals surface area contributed by atoms with Crippen LogP contribution in [0.5, 0.6) is 0 Å². The first kappa shape index (κ1) is 14.8. The van der Waals surface area contributed by atoms with Gasteiger partial charge in [0.15, 0.2) is 0 Å². The third-order valence-corrected chi connectivity index (χ3v) is 3.18. The van der Waals surface area contributed by atoms with E-state index in [2.05, 4.69) is 10.6 Å². The minimum atomic E-state index is -0.633. The van der Waals surface area contributed by atoms with Crippen molar-refractivity contribution in [1.29, 1.82) is 0 Å². The first-order valence-electron chi connectivity index (χ1n) is 5.76. The average Bonchev–Trinajstić information content (AvgIpc) is 2.28. The van der Waals surface area contributed by atoms with E-state index in [0.717, 1.165) is 5.69 Å². The Morgan fingerprint density at radius 1 is 1.33 bits per heavy atom. The van der Waals surface area contributed by atoms with Crippen molar-refractivity contribution in [2.24, 2.45) is 0 Å². The molecule has 4 nitrogen and oxygen atoms in total. The van der Waals surface area contributed by atoms with Crippen molar-refractivity contribution in [2.75, 3.05) is 31.4 Å². The van der Waals surface area contributed by atoms with Crippen molar-refractivity contribution in [2.45, 2.75) is 19.4 Å². The number of amides is 1. The number of likely N-dealkylation sites (N-methyl/N-ethyl adjacent to an activating group) is 1. The molecule has 0 aliphatic carbocycles. The number of hydrogen-bond donors (Lipinski definition) is 2. The highest BCUT2D eigenvalue weighted by Gasteiger charge is 2.26. The zero-order chi connectivity index (χ0) is 13.9. The minimum Gasteiger partial charge on any atom is -0.375 e. The molecular weight excluding hydrogens is 250 g/mol. The van der Waals surface area contributed by atoms with E-state index in [4.69, 9.17) is 11.6 Å². The highest BCUT2D eigenvalue weighted by atomic mass is 35.5. The maximum absolute atomic E-state index is 12.1. The van der Waals surface area contributed by atoms with Crippen molar-refractivity contribution in [1.82, 2.24) is 5.32 Å². The summed E-state index contributed by atoms with van der Waals surface area (Å²) in [6.07, 6.45) is 0. The van der Waals surface area contributed by atoms with Crippen LogP contribution < -0.4 is 15.5 Å². The molecule has 0 fully saturated rings. The Morgan fingerprint density at radius 3 is 2.44 bits per heavy atom. The molecular formula is C13H20ClN3O. The Hall–Kier alpha value is -1.26. The number of hydrogen-bond acceptors (Lipinski definition) is 3. The Labute approximate surface area is 113 Å². The number of para-hydroxylation sites is 1. The minimum absolute atomic E-state index is 0.102. The zero-order valence-electron chi connectivity index (χ0n) is 11.5. The fourth-order valence-corrected chi connectivity index (χ4v) is 1.81. The van der Waals surface area contributed by atoms with E-state index in [-0.39, 0.29) is 5.91 Å². The number of anilines is 2. The lowest BCUT2D eigenvalue weighted by atomic mass is 10.0. The summed E-state index contributed by atoms with van der Waals surface area (Å²) in [7, 11) is 5.53. The number of carbonyl (C=O) groups excluding carboxylic acids is 1. The van der Waals surface area contributed by atoms with Crippen LogP contribution in [0.15, 0.2) is 18.2 Å². The second kappa shape index (κ2) is 5.59. The summed E-state index contributed by atoms with van der Waals surface area (Å²) in [5.74, 6) is -0.102. The van der Waals surface area contributed by atoms with Crippen molar-refractivity contribution in [3.63, 3.8) is 0 Å². The lowest BCUT2D eigenvalue weighted by Gasteiger charge is -2.25. The van der Waals surface area contributed by atoms with Gasteiger partial charge in [0.25, 0.3) is 0 Å². The maximum Gasteiger partial charge on any atom is 0.244 e. The molecule has 1 amide bonds. The van der Waals surface area contributed by atoms with Gasteiger partial charge in [0, 0.05) is 14.1 Å². The van der Waals surface area contributed by atoms with Crippen molar-refractivity contribution < 1.29 is 4.79 Å². The Kier molecular flexibility index (Phi) is 4.59. The van der Waals surface area contributed by atoms with E-state index in [0.29, 0.717) is 10.7 Å². The standard InChI is InChI=1S/C13H20ClN3O/c1-13(2,15-3)12(18)16-10-8-6-7-9(14)11(10)17(4)5/h6-8,15H,1-5H3,(H,16,18). The molecule has 0 radical (unpaired) electrons. The summed E-state index contributed by atoms with van der Waals surface area (Å²) in [5, 5.41) is 6.47. The molecule has 1 aromatic carbocycles. The van der Waals surface area contributed by atoms with Gasteiger partial charge in [-0.05, 0) is 33.0 Å². The summed E-state index contributed by atoms with van der Waals surface area (Å²) < 4.78 is 0. The first-order chi connectivity index (χ1) is 8.29. The van der Waals surface area contributed by atoms with Gasteiger partial charge in [-0.15, -0.1) is 0 Å². The number of rotatable bonds is 4. The van der Waals surface area contributed by atoms with E-state index in [1.807, 2.05) is 45.0 Å². The molecule has 100 valence electrons. The Morgan fingerprint density at radius 2 is 1.94 bits per heavy atom. The third-order valence-electron chi connectivity index (χ3n) is 2.87. The molecule has 0 unspecified atom stereocenters. The van der Waals surface area contributed by atoms with E-state index in [1.54, 1.807) is 13.1 Å². The predicted molar refractivity (Wildman–Crippen MR) is 77.5 cm³/mol. The molecule has 18 heavy (non-hydrogen) atoms. The van der Waals surface area contributed by atoms with Crippen LogP contribution in [-0.2, 0) is 4.79 Å². The maximum atomic E-state index is 12.1. The van der Waals surface area contributed by atoms with E-state index >= 15 is 0 Å². The lowest BCUT2D eigenvalue weighted by Crippen LogP contribution is -2.48. The number of halogens is 1. The summed E-state index contributed by atoms with van der Waals surface area (Å²) >= 11 is 6.15. The molecule has 1 rings (SSSR count). The van der Waals surface area contributed by atoms with Gasteiger partial charge in [0.2, 0.25) is 5.91 Å². The van der Waals surface area contributed by atoms with Crippen LogP contribution in [-0.4, -0.2) is 32.6 Å². The molecule has 0 aliphatic rings. The molecule has 0 saturated carbocycles. The van der Waals surface area contributed by atoms with Gasteiger partial charge >= 0.3 is 0 Å². The number of nitrogens with zero attached hydrogens (tertiary/aromatic N) is 1. The van der Waals surface area contributed by atoms with Crippen molar-refractivity contribution in [3.8, 4) is 0 Å². The summed E-state index contributed by atoms with van der Waals surface area (Å²) in [4.78, 5) is 14.0. The Balaban J connectivity index is 3.06. The molecule has 0 heterocycles. The molecule has 0 aliphatic heterocycles. The quantitative estimate of drug-likeness (QED) is 0.882. The van der Waals surface area contributed by atoms with Crippen LogP contribution in [0.4, 0.5) is 11.4 Å². The lowest BCUT2D eigenvalue weighted by molar-refractivity contribution is -0.121. The molecule has 0 saturated heterocycles. The molecule has 0 atom stereocenters. The first-order valence-corrected chi connectivity index (χ1v) is 6.13. The largest absolute Gasteiger partial charge is 0.375 e. The van der Waals surface area contributed by atoms with Gasteiger partial charge in [-0.2, -0.15) is 0 Å². The van der Waals surface area contributed by atoms with Gasteiger partial charge in [0.05, 0.1) is 21.9 Å². The molecule has 1 aromatic rings. The Bertz CT molecular complexity index is 444. The fourth-order valence-electron chi connectivity index (χ4n) is 1.46. The van der Waals surface area contributed by atoms with E-state index in [9.17, 15) is 4.79 Å².